The van der Waals surface area contributed by atoms with Gasteiger partial charge in [-0.25, -0.2) is 0 Å². The molecule has 0 atom stereocenters. The molecule has 0 fully saturated rings. The molecule has 0 aliphatic carbocycles. The van der Waals surface area contributed by atoms with Crippen LogP contribution in [0.3, 0.4) is 0 Å². The number of hydrogen-bond acceptors (Lipinski definition) is 2. The highest BCUT2D eigenvalue weighted by Crippen LogP contribution is 1.94. The molecule has 1 amide bonds. The quantitative estimate of drug-likeness (QED) is 0.565. The molecule has 11 heavy (non-hydrogen) atoms. The third-order valence-electron chi connectivity index (χ3n) is 1.31. The predicted octanol–water partition coefficient (Wildman–Crippen LogP) is 1.07. The van der Waals surface area contributed by atoms with Crippen LogP contribution in [0.4, 0.5) is 0 Å². The second-order valence-electron chi connectivity index (χ2n) is 2.54. The molecule has 0 aromatic heterocycles. The van der Waals surface area contributed by atoms with E-state index in [-0.39, 0.29) is 5.91 Å². The lowest BCUT2D eigenvalue weighted by molar-refractivity contribution is -0.118. The van der Waals surface area contributed by atoms with E-state index < -0.39 is 0 Å². The van der Waals surface area contributed by atoms with E-state index in [0.29, 0.717) is 6.42 Å². The summed E-state index contributed by atoms with van der Waals surface area (Å²) in [4.78, 5) is 10.3. The fraction of sp³-hybridized carbons (Fsp3) is 0.875. The number of primary amides is 1. The molecular weight excluding hydrogens is 142 g/mol. The Bertz CT molecular complexity index is 104. The number of nitrogens with two attached hydrogens (primary N) is 1. The van der Waals surface area contributed by atoms with E-state index in [2.05, 4.69) is 6.92 Å². The van der Waals surface area contributed by atoms with Crippen LogP contribution in [-0.4, -0.2) is 19.1 Å². The number of unbranched alkanes of at least 4 members (excludes halogenated alkanes) is 1. The first kappa shape index (κ1) is 10.4. The molecule has 3 heteroatoms. The molecule has 0 radical (unpaired) electrons. The van der Waals surface area contributed by atoms with Crippen LogP contribution in [0, 0.1) is 0 Å². The average molecular weight is 159 g/mol. The first-order valence-electron chi connectivity index (χ1n) is 4.13. The van der Waals surface area contributed by atoms with Gasteiger partial charge in [0.25, 0.3) is 0 Å². The van der Waals surface area contributed by atoms with Gasteiger partial charge in [0.2, 0.25) is 5.91 Å². The maximum absolute atomic E-state index is 10.3. The van der Waals surface area contributed by atoms with Gasteiger partial charge in [0, 0.05) is 19.6 Å². The van der Waals surface area contributed by atoms with Crippen molar-refractivity contribution in [1.29, 1.82) is 0 Å². The summed E-state index contributed by atoms with van der Waals surface area (Å²) in [6.07, 6.45) is 3.31. The van der Waals surface area contributed by atoms with Crippen LogP contribution in [0.1, 0.15) is 32.6 Å². The molecule has 2 N–H and O–H groups in total. The Balaban J connectivity index is 2.85. The van der Waals surface area contributed by atoms with Crippen molar-refractivity contribution in [3.63, 3.8) is 0 Å². The van der Waals surface area contributed by atoms with E-state index >= 15 is 0 Å². The molecule has 0 aromatic rings. The molecule has 0 saturated heterocycles. The second-order valence-corrected chi connectivity index (χ2v) is 2.54. The van der Waals surface area contributed by atoms with Gasteiger partial charge in [-0.2, -0.15) is 0 Å². The molecule has 0 aromatic carbocycles. The lowest BCUT2D eigenvalue weighted by Crippen LogP contribution is -2.10. The molecule has 0 heterocycles. The second kappa shape index (κ2) is 7.54. The number of ether oxygens (including phenoxy) is 1. The van der Waals surface area contributed by atoms with Gasteiger partial charge in [-0.15, -0.1) is 0 Å². The summed E-state index contributed by atoms with van der Waals surface area (Å²) in [6, 6.07) is 0. The first-order chi connectivity index (χ1) is 5.27. The highest BCUT2D eigenvalue weighted by Gasteiger charge is 1.93. The summed E-state index contributed by atoms with van der Waals surface area (Å²) in [5, 5.41) is 0. The Morgan fingerprint density at radius 2 is 2.09 bits per heavy atom. The lowest BCUT2D eigenvalue weighted by atomic mass is 10.2. The number of amides is 1. The molecular formula is C8H17NO2. The predicted molar refractivity (Wildman–Crippen MR) is 44.2 cm³/mol. The van der Waals surface area contributed by atoms with Crippen LogP contribution in [0.2, 0.25) is 0 Å². The van der Waals surface area contributed by atoms with E-state index in [9.17, 15) is 4.79 Å². The van der Waals surface area contributed by atoms with E-state index in [1.165, 1.54) is 0 Å². The Labute approximate surface area is 67.9 Å². The fourth-order valence-corrected chi connectivity index (χ4v) is 0.750. The normalized spacial score (nSPS) is 9.91. The number of carbonyl (C=O) groups is 1. The third-order valence-corrected chi connectivity index (χ3v) is 1.31. The standard InChI is InChI=1S/C8H17NO2/c1-2-6-11-7-4-3-5-8(9)10/h2-7H2,1H3,(H2,9,10). The SMILES string of the molecule is CCCOCCCCC(N)=O. The Morgan fingerprint density at radius 1 is 1.36 bits per heavy atom. The van der Waals surface area contributed by atoms with Crippen molar-refractivity contribution >= 4 is 5.91 Å². The minimum absolute atomic E-state index is 0.222. The van der Waals surface area contributed by atoms with Gasteiger partial charge < -0.3 is 10.5 Å². The van der Waals surface area contributed by atoms with Gasteiger partial charge in [-0.1, -0.05) is 6.92 Å². The van der Waals surface area contributed by atoms with E-state index in [4.69, 9.17) is 10.5 Å². The van der Waals surface area contributed by atoms with Gasteiger partial charge in [0.15, 0.2) is 0 Å². The monoisotopic (exact) mass is 159 g/mol. The molecule has 0 aliphatic heterocycles. The highest BCUT2D eigenvalue weighted by molar-refractivity contribution is 5.73. The summed E-state index contributed by atoms with van der Waals surface area (Å²) in [5.74, 6) is -0.222. The van der Waals surface area contributed by atoms with Crippen LogP contribution in [-0.2, 0) is 9.53 Å². The Morgan fingerprint density at radius 3 is 2.64 bits per heavy atom. The van der Waals surface area contributed by atoms with Crippen molar-refractivity contribution in [2.45, 2.75) is 32.6 Å². The number of hydrogen-bond donors (Lipinski definition) is 1. The molecule has 0 bridgehead atoms. The summed E-state index contributed by atoms with van der Waals surface area (Å²) in [6.45, 7) is 3.64. The van der Waals surface area contributed by atoms with E-state index in [0.717, 1.165) is 32.5 Å². The topological polar surface area (TPSA) is 52.3 Å². The van der Waals surface area contributed by atoms with Crippen LogP contribution in [0.5, 0.6) is 0 Å². The average Bonchev–Trinajstić information content (AvgIpc) is 1.96. The highest BCUT2D eigenvalue weighted by atomic mass is 16.5. The molecule has 0 unspecified atom stereocenters. The van der Waals surface area contributed by atoms with Crippen molar-refractivity contribution in [3.8, 4) is 0 Å². The summed E-state index contributed by atoms with van der Waals surface area (Å²) >= 11 is 0. The molecule has 66 valence electrons. The van der Waals surface area contributed by atoms with Gasteiger partial charge in [0.1, 0.15) is 0 Å². The van der Waals surface area contributed by atoms with E-state index in [1.807, 2.05) is 0 Å². The zero-order valence-corrected chi connectivity index (χ0v) is 7.14. The van der Waals surface area contributed by atoms with Crippen LogP contribution >= 0.6 is 0 Å². The summed E-state index contributed by atoms with van der Waals surface area (Å²) < 4.78 is 5.21. The summed E-state index contributed by atoms with van der Waals surface area (Å²) in [7, 11) is 0. The largest absolute Gasteiger partial charge is 0.381 e. The smallest absolute Gasteiger partial charge is 0.217 e. The molecule has 0 rings (SSSR count). The van der Waals surface area contributed by atoms with E-state index in [1.54, 1.807) is 0 Å². The Kier molecular flexibility index (Phi) is 7.15. The zero-order chi connectivity index (χ0) is 8.53. The zero-order valence-electron chi connectivity index (χ0n) is 7.14. The lowest BCUT2D eigenvalue weighted by Gasteiger charge is -2.00. The van der Waals surface area contributed by atoms with Crippen molar-refractivity contribution in [2.24, 2.45) is 5.73 Å². The minimum Gasteiger partial charge on any atom is -0.381 e. The maximum atomic E-state index is 10.3. The molecule has 0 aliphatic rings. The van der Waals surface area contributed by atoms with Crippen LogP contribution < -0.4 is 5.73 Å². The number of carbonyl (C=O) groups excluding carboxylic acids is 1. The maximum Gasteiger partial charge on any atom is 0.217 e. The van der Waals surface area contributed by atoms with Crippen LogP contribution in [0.15, 0.2) is 0 Å². The van der Waals surface area contributed by atoms with Crippen molar-refractivity contribution in [1.82, 2.24) is 0 Å². The van der Waals surface area contributed by atoms with Crippen molar-refractivity contribution in [3.05, 3.63) is 0 Å². The van der Waals surface area contributed by atoms with Crippen LogP contribution in [0.25, 0.3) is 0 Å². The van der Waals surface area contributed by atoms with Gasteiger partial charge in [-0.05, 0) is 19.3 Å². The Hall–Kier alpha value is -0.570. The summed E-state index contributed by atoms with van der Waals surface area (Å²) in [5.41, 5.74) is 4.95. The van der Waals surface area contributed by atoms with Gasteiger partial charge in [0.05, 0.1) is 0 Å². The molecule has 0 saturated carbocycles. The van der Waals surface area contributed by atoms with Crippen molar-refractivity contribution in [2.75, 3.05) is 13.2 Å². The number of rotatable bonds is 7. The van der Waals surface area contributed by atoms with Gasteiger partial charge >= 0.3 is 0 Å². The molecule has 0 spiro atoms. The first-order valence-corrected chi connectivity index (χ1v) is 4.13. The van der Waals surface area contributed by atoms with Gasteiger partial charge in [-0.3, -0.25) is 4.79 Å². The minimum atomic E-state index is -0.222. The third kappa shape index (κ3) is 9.43. The fourth-order valence-electron chi connectivity index (χ4n) is 0.750. The van der Waals surface area contributed by atoms with Crippen molar-refractivity contribution < 1.29 is 9.53 Å². The molecule has 3 nitrogen and oxygen atoms in total.